The van der Waals surface area contributed by atoms with Crippen LogP contribution in [0.4, 0.5) is 0 Å². The second kappa shape index (κ2) is 8.26. The van der Waals surface area contributed by atoms with Gasteiger partial charge in [-0.2, -0.15) is 0 Å². The van der Waals surface area contributed by atoms with Crippen molar-refractivity contribution in [1.29, 1.82) is 0 Å². The fourth-order valence-electron chi connectivity index (χ4n) is 3.09. The summed E-state index contributed by atoms with van der Waals surface area (Å²) < 4.78 is 7.68. The third-order valence-corrected chi connectivity index (χ3v) is 5.42. The Hall–Kier alpha value is -2.20. The third-order valence-electron chi connectivity index (χ3n) is 4.36. The van der Waals surface area contributed by atoms with Gasteiger partial charge in [0.2, 0.25) is 11.7 Å². The summed E-state index contributed by atoms with van der Waals surface area (Å²) in [4.78, 5) is 12.1. The van der Waals surface area contributed by atoms with Gasteiger partial charge in [0, 0.05) is 6.04 Å². The zero-order chi connectivity index (χ0) is 17.6. The number of carbonyl (C=O) groups excluding carboxylic acids is 1. The molecule has 1 unspecified atom stereocenters. The van der Waals surface area contributed by atoms with Crippen LogP contribution in [0, 0.1) is 12.3 Å². The molecule has 6 nitrogen and oxygen atoms in total. The van der Waals surface area contributed by atoms with Crippen molar-refractivity contribution in [1.82, 2.24) is 20.1 Å². The van der Waals surface area contributed by atoms with Gasteiger partial charge >= 0.3 is 0 Å². The lowest BCUT2D eigenvalue weighted by Crippen LogP contribution is -2.31. The van der Waals surface area contributed by atoms with Gasteiger partial charge in [0.15, 0.2) is 10.9 Å². The van der Waals surface area contributed by atoms with Crippen molar-refractivity contribution < 1.29 is 9.21 Å². The number of hydrogen-bond donors (Lipinski definition) is 1. The highest BCUT2D eigenvalue weighted by atomic mass is 32.2. The first-order valence-corrected chi connectivity index (χ1v) is 9.45. The minimum Gasteiger partial charge on any atom is -0.461 e. The lowest BCUT2D eigenvalue weighted by Gasteiger charge is -2.25. The number of terminal acetylenes is 1. The van der Waals surface area contributed by atoms with Crippen LogP contribution in [0.2, 0.25) is 0 Å². The molecule has 0 aliphatic heterocycles. The minimum absolute atomic E-state index is 0.0966. The highest BCUT2D eigenvalue weighted by Gasteiger charge is 2.27. The van der Waals surface area contributed by atoms with Crippen molar-refractivity contribution >= 4 is 17.7 Å². The van der Waals surface area contributed by atoms with E-state index in [1.54, 1.807) is 6.26 Å². The predicted octanol–water partition coefficient (Wildman–Crippen LogP) is 3.27. The predicted molar refractivity (Wildman–Crippen MR) is 97.0 cm³/mol. The quantitative estimate of drug-likeness (QED) is 0.634. The summed E-state index contributed by atoms with van der Waals surface area (Å²) in [6, 6.07) is 4.08. The molecule has 1 atom stereocenters. The molecule has 1 amide bonds. The number of nitrogens with zero attached hydrogens (tertiary/aromatic N) is 3. The summed E-state index contributed by atoms with van der Waals surface area (Å²) >= 11 is 1.41. The van der Waals surface area contributed by atoms with Gasteiger partial charge in [0.05, 0.1) is 18.1 Å². The number of amides is 1. The molecule has 1 saturated carbocycles. The highest BCUT2D eigenvalue weighted by molar-refractivity contribution is 8.00. The number of carbonyl (C=O) groups is 1. The molecule has 1 aliphatic carbocycles. The maximum absolute atomic E-state index is 12.1. The third kappa shape index (κ3) is 4.07. The SMILES string of the molecule is C#CCNC(=O)C(C)Sc1nnc(-c2ccco2)n1C1CCCCC1. The molecule has 0 saturated heterocycles. The first kappa shape index (κ1) is 17.6. The van der Waals surface area contributed by atoms with E-state index in [4.69, 9.17) is 10.8 Å². The molecule has 2 aromatic rings. The molecule has 0 spiro atoms. The van der Waals surface area contributed by atoms with E-state index >= 15 is 0 Å². The van der Waals surface area contributed by atoms with E-state index in [-0.39, 0.29) is 17.7 Å². The first-order valence-electron chi connectivity index (χ1n) is 8.57. The van der Waals surface area contributed by atoms with Gasteiger partial charge < -0.3 is 9.73 Å². The van der Waals surface area contributed by atoms with Crippen LogP contribution in [0.3, 0.4) is 0 Å². The monoisotopic (exact) mass is 358 g/mol. The smallest absolute Gasteiger partial charge is 0.234 e. The maximum Gasteiger partial charge on any atom is 0.234 e. The molecule has 25 heavy (non-hydrogen) atoms. The van der Waals surface area contributed by atoms with Crippen LogP contribution in [0.15, 0.2) is 28.0 Å². The number of nitrogens with one attached hydrogen (secondary N) is 1. The highest BCUT2D eigenvalue weighted by Crippen LogP contribution is 2.36. The Kier molecular flexibility index (Phi) is 5.82. The zero-order valence-electron chi connectivity index (χ0n) is 14.3. The average molecular weight is 358 g/mol. The van der Waals surface area contributed by atoms with Crippen LogP contribution in [0.5, 0.6) is 0 Å². The normalized spacial score (nSPS) is 16.3. The minimum atomic E-state index is -0.302. The number of furan rings is 1. The average Bonchev–Trinajstić information content (AvgIpc) is 3.29. The van der Waals surface area contributed by atoms with Gasteiger partial charge in [0.1, 0.15) is 0 Å². The summed E-state index contributed by atoms with van der Waals surface area (Å²) in [5.41, 5.74) is 0. The van der Waals surface area contributed by atoms with Crippen LogP contribution in [0.25, 0.3) is 11.6 Å². The second-order valence-corrected chi connectivity index (χ2v) is 7.44. The largest absolute Gasteiger partial charge is 0.461 e. The van der Waals surface area contributed by atoms with Gasteiger partial charge in [-0.15, -0.1) is 16.6 Å². The van der Waals surface area contributed by atoms with Crippen molar-refractivity contribution in [3.05, 3.63) is 18.4 Å². The van der Waals surface area contributed by atoms with Gasteiger partial charge in [-0.3, -0.25) is 9.36 Å². The van der Waals surface area contributed by atoms with Gasteiger partial charge in [-0.25, -0.2) is 0 Å². The molecule has 2 heterocycles. The molecule has 0 radical (unpaired) electrons. The van der Waals surface area contributed by atoms with Crippen LogP contribution >= 0.6 is 11.8 Å². The van der Waals surface area contributed by atoms with Crippen molar-refractivity contribution in [3.63, 3.8) is 0 Å². The summed E-state index contributed by atoms with van der Waals surface area (Å²) in [7, 11) is 0. The lowest BCUT2D eigenvalue weighted by molar-refractivity contribution is -0.120. The van der Waals surface area contributed by atoms with Crippen LogP contribution in [-0.4, -0.2) is 32.5 Å². The Morgan fingerprint density at radius 1 is 1.48 bits per heavy atom. The molecule has 0 bridgehead atoms. The Bertz CT molecular complexity index is 742. The summed E-state index contributed by atoms with van der Waals surface area (Å²) in [5.74, 6) is 3.75. The van der Waals surface area contributed by atoms with E-state index in [9.17, 15) is 4.79 Å². The number of thioether (sulfide) groups is 1. The van der Waals surface area contributed by atoms with Crippen LogP contribution in [-0.2, 0) is 4.79 Å². The second-order valence-electron chi connectivity index (χ2n) is 6.13. The van der Waals surface area contributed by atoms with E-state index in [0.29, 0.717) is 11.8 Å². The van der Waals surface area contributed by atoms with E-state index in [1.807, 2.05) is 19.1 Å². The number of rotatable bonds is 6. The molecule has 3 rings (SSSR count). The Balaban J connectivity index is 1.86. The zero-order valence-corrected chi connectivity index (χ0v) is 15.1. The Labute approximate surface area is 151 Å². The van der Waals surface area contributed by atoms with Gasteiger partial charge in [0.25, 0.3) is 0 Å². The van der Waals surface area contributed by atoms with Crippen molar-refractivity contribution in [3.8, 4) is 23.9 Å². The Morgan fingerprint density at radius 3 is 2.96 bits per heavy atom. The molecule has 0 aromatic carbocycles. The summed E-state index contributed by atoms with van der Waals surface area (Å²) in [5, 5.41) is 11.9. The fourth-order valence-corrected chi connectivity index (χ4v) is 4.04. The summed E-state index contributed by atoms with van der Waals surface area (Å²) in [6.45, 7) is 2.08. The maximum atomic E-state index is 12.1. The summed E-state index contributed by atoms with van der Waals surface area (Å²) in [6.07, 6.45) is 12.7. The van der Waals surface area contributed by atoms with Crippen molar-refractivity contribution in [2.75, 3.05) is 6.54 Å². The first-order chi connectivity index (χ1) is 12.2. The topological polar surface area (TPSA) is 73.0 Å². The van der Waals surface area contributed by atoms with Crippen molar-refractivity contribution in [2.24, 2.45) is 0 Å². The van der Waals surface area contributed by atoms with Gasteiger partial charge in [-0.05, 0) is 31.9 Å². The molecule has 1 fully saturated rings. The molecular weight excluding hydrogens is 336 g/mol. The van der Waals surface area contributed by atoms with Crippen LogP contribution in [0.1, 0.15) is 45.1 Å². The lowest BCUT2D eigenvalue weighted by atomic mass is 9.95. The molecule has 1 aliphatic rings. The van der Waals surface area contributed by atoms with E-state index in [0.717, 1.165) is 23.8 Å². The van der Waals surface area contributed by atoms with Crippen molar-refractivity contribution in [2.45, 2.75) is 55.5 Å². The molecule has 1 N–H and O–H groups in total. The number of aromatic nitrogens is 3. The Morgan fingerprint density at radius 2 is 2.28 bits per heavy atom. The van der Waals surface area contributed by atoms with E-state index < -0.39 is 0 Å². The van der Waals surface area contributed by atoms with E-state index in [1.165, 1.54) is 31.0 Å². The fraction of sp³-hybridized carbons (Fsp3) is 0.500. The van der Waals surface area contributed by atoms with E-state index in [2.05, 4.69) is 26.0 Å². The standard InChI is InChI=1S/C18H22N4O2S/c1-3-11-19-17(23)13(2)25-18-21-20-16(15-10-7-12-24-15)22(18)14-8-5-4-6-9-14/h1,7,10,12-14H,4-6,8-9,11H2,2H3,(H,19,23). The van der Waals surface area contributed by atoms with Gasteiger partial charge in [-0.1, -0.05) is 36.9 Å². The van der Waals surface area contributed by atoms with Crippen LogP contribution < -0.4 is 5.32 Å². The molecule has 2 aromatic heterocycles. The number of hydrogen-bond acceptors (Lipinski definition) is 5. The molecule has 7 heteroatoms. The molecular formula is C18H22N4O2S. The molecule has 132 valence electrons.